The van der Waals surface area contributed by atoms with Crippen LogP contribution in [-0.4, -0.2) is 51.1 Å². The molecule has 3 rings (SSSR count). The number of para-hydroxylation sites is 1. The average molecular weight is 431 g/mol. The molecule has 1 atom stereocenters. The summed E-state index contributed by atoms with van der Waals surface area (Å²) in [5.41, 5.74) is 1.04. The third-order valence-electron chi connectivity index (χ3n) is 5.72. The first kappa shape index (κ1) is 22.3. The summed E-state index contributed by atoms with van der Waals surface area (Å²) < 4.78 is 32.4. The van der Waals surface area contributed by atoms with E-state index in [1.807, 2.05) is 43.3 Å². The molecule has 0 radical (unpaired) electrons. The standard InChI is InChI=1S/C23H30N2O4S/c1-3-16-30(27,28)25-15-9-14-23(18-25,19-10-5-4-6-11-19)17-24-22(26)20-12-7-8-13-21(20)29-2/h4-8,10-13H,3,9,14-18H2,1-2H3,(H,24,26). The third kappa shape index (κ3) is 4.84. The topological polar surface area (TPSA) is 75.7 Å². The number of carbonyl (C=O) groups is 1. The number of amides is 1. The zero-order valence-corrected chi connectivity index (χ0v) is 18.5. The number of benzene rings is 2. The largest absolute Gasteiger partial charge is 0.496 e. The second kappa shape index (κ2) is 9.62. The van der Waals surface area contributed by atoms with Crippen LogP contribution in [0.15, 0.2) is 54.6 Å². The fourth-order valence-corrected chi connectivity index (χ4v) is 5.79. The molecule has 2 aromatic rings. The quantitative estimate of drug-likeness (QED) is 0.698. The van der Waals surface area contributed by atoms with Crippen molar-refractivity contribution >= 4 is 15.9 Å². The lowest BCUT2D eigenvalue weighted by Gasteiger charge is -2.43. The normalized spacial score (nSPS) is 19.9. The Kier molecular flexibility index (Phi) is 7.15. The molecule has 1 aliphatic heterocycles. The smallest absolute Gasteiger partial charge is 0.255 e. The van der Waals surface area contributed by atoms with E-state index in [-0.39, 0.29) is 11.7 Å². The minimum absolute atomic E-state index is 0.144. The van der Waals surface area contributed by atoms with Crippen molar-refractivity contribution in [1.82, 2.24) is 9.62 Å². The molecule has 6 nitrogen and oxygen atoms in total. The first-order valence-corrected chi connectivity index (χ1v) is 12.0. The third-order valence-corrected chi connectivity index (χ3v) is 7.75. The van der Waals surface area contributed by atoms with Crippen molar-refractivity contribution in [1.29, 1.82) is 0 Å². The van der Waals surface area contributed by atoms with Gasteiger partial charge in [0.15, 0.2) is 0 Å². The molecule has 0 bridgehead atoms. The van der Waals surface area contributed by atoms with Crippen LogP contribution in [0.1, 0.15) is 42.1 Å². The van der Waals surface area contributed by atoms with Gasteiger partial charge in [0.05, 0.1) is 18.4 Å². The molecule has 1 aliphatic rings. The van der Waals surface area contributed by atoms with E-state index in [1.165, 1.54) is 7.11 Å². The predicted molar refractivity (Wildman–Crippen MR) is 118 cm³/mol. The number of hydrogen-bond donors (Lipinski definition) is 1. The highest BCUT2D eigenvalue weighted by Crippen LogP contribution is 2.35. The molecule has 0 aromatic heterocycles. The number of piperidine rings is 1. The number of nitrogens with zero attached hydrogens (tertiary/aromatic N) is 1. The second-order valence-corrected chi connectivity index (χ2v) is 9.87. The Morgan fingerprint density at radius 1 is 1.13 bits per heavy atom. The average Bonchev–Trinajstić information content (AvgIpc) is 2.78. The SMILES string of the molecule is CCCS(=O)(=O)N1CCCC(CNC(=O)c2ccccc2OC)(c2ccccc2)C1. The molecule has 30 heavy (non-hydrogen) atoms. The number of carbonyl (C=O) groups excluding carboxylic acids is 1. The van der Waals surface area contributed by atoms with E-state index < -0.39 is 15.4 Å². The van der Waals surface area contributed by atoms with Crippen molar-refractivity contribution in [2.75, 3.05) is 32.5 Å². The monoisotopic (exact) mass is 430 g/mol. The van der Waals surface area contributed by atoms with E-state index in [9.17, 15) is 13.2 Å². The number of ether oxygens (including phenoxy) is 1. The molecule has 162 valence electrons. The lowest BCUT2D eigenvalue weighted by atomic mass is 9.74. The van der Waals surface area contributed by atoms with Gasteiger partial charge in [-0.05, 0) is 37.0 Å². The molecule has 7 heteroatoms. The maximum atomic E-state index is 12.9. The molecule has 1 N–H and O–H groups in total. The lowest BCUT2D eigenvalue weighted by molar-refractivity contribution is 0.0929. The van der Waals surface area contributed by atoms with Crippen LogP contribution in [0, 0.1) is 0 Å². The first-order chi connectivity index (χ1) is 14.4. The van der Waals surface area contributed by atoms with E-state index in [4.69, 9.17) is 4.74 Å². The molecule has 1 heterocycles. The van der Waals surface area contributed by atoms with Crippen molar-refractivity contribution in [2.45, 2.75) is 31.6 Å². The van der Waals surface area contributed by atoms with Gasteiger partial charge in [-0.25, -0.2) is 12.7 Å². The number of sulfonamides is 1. The first-order valence-electron chi connectivity index (χ1n) is 10.4. The summed E-state index contributed by atoms with van der Waals surface area (Å²) in [6.45, 7) is 3.12. The van der Waals surface area contributed by atoms with Gasteiger partial charge >= 0.3 is 0 Å². The molecule has 1 unspecified atom stereocenters. The molecule has 0 spiro atoms. The highest BCUT2D eigenvalue weighted by atomic mass is 32.2. The Morgan fingerprint density at radius 2 is 1.83 bits per heavy atom. The van der Waals surface area contributed by atoms with Crippen LogP contribution in [0.3, 0.4) is 0 Å². The van der Waals surface area contributed by atoms with Crippen LogP contribution in [0.5, 0.6) is 5.75 Å². The molecule has 1 fully saturated rings. The molecule has 2 aromatic carbocycles. The molecular formula is C23H30N2O4S. The zero-order chi connectivity index (χ0) is 21.6. The van der Waals surface area contributed by atoms with Crippen LogP contribution in [0.4, 0.5) is 0 Å². The van der Waals surface area contributed by atoms with Crippen molar-refractivity contribution in [3.05, 3.63) is 65.7 Å². The Morgan fingerprint density at radius 3 is 2.53 bits per heavy atom. The minimum atomic E-state index is -3.31. The molecule has 1 amide bonds. The summed E-state index contributed by atoms with van der Waals surface area (Å²) in [5, 5.41) is 3.05. The van der Waals surface area contributed by atoms with Crippen LogP contribution < -0.4 is 10.1 Å². The van der Waals surface area contributed by atoms with Gasteiger partial charge in [-0.1, -0.05) is 49.4 Å². The van der Waals surface area contributed by atoms with E-state index >= 15 is 0 Å². The van der Waals surface area contributed by atoms with Gasteiger partial charge in [0, 0.05) is 25.0 Å². The van der Waals surface area contributed by atoms with Crippen molar-refractivity contribution < 1.29 is 17.9 Å². The molecular weight excluding hydrogens is 400 g/mol. The van der Waals surface area contributed by atoms with Gasteiger partial charge < -0.3 is 10.1 Å². The van der Waals surface area contributed by atoms with E-state index in [0.29, 0.717) is 37.4 Å². The van der Waals surface area contributed by atoms with Gasteiger partial charge in [0.2, 0.25) is 10.0 Å². The van der Waals surface area contributed by atoms with Crippen LogP contribution in [-0.2, 0) is 15.4 Å². The summed E-state index contributed by atoms with van der Waals surface area (Å²) >= 11 is 0. The number of rotatable bonds is 8. The van der Waals surface area contributed by atoms with E-state index in [0.717, 1.165) is 18.4 Å². The summed E-state index contributed by atoms with van der Waals surface area (Å²) in [7, 11) is -1.78. The number of hydrogen-bond acceptors (Lipinski definition) is 4. The van der Waals surface area contributed by atoms with Crippen molar-refractivity contribution in [3.8, 4) is 5.75 Å². The highest BCUT2D eigenvalue weighted by molar-refractivity contribution is 7.89. The minimum Gasteiger partial charge on any atom is -0.496 e. The van der Waals surface area contributed by atoms with E-state index in [1.54, 1.807) is 22.5 Å². The van der Waals surface area contributed by atoms with Crippen molar-refractivity contribution in [3.63, 3.8) is 0 Å². The van der Waals surface area contributed by atoms with E-state index in [2.05, 4.69) is 5.32 Å². The fourth-order valence-electron chi connectivity index (χ4n) is 4.16. The Hall–Kier alpha value is -2.38. The van der Waals surface area contributed by atoms with Gasteiger partial charge in [-0.15, -0.1) is 0 Å². The summed E-state index contributed by atoms with van der Waals surface area (Å²) in [4.78, 5) is 12.9. The van der Waals surface area contributed by atoms with Crippen LogP contribution in [0.2, 0.25) is 0 Å². The summed E-state index contributed by atoms with van der Waals surface area (Å²) in [6, 6.07) is 17.0. The number of nitrogens with one attached hydrogen (secondary N) is 1. The maximum Gasteiger partial charge on any atom is 0.255 e. The number of methoxy groups -OCH3 is 1. The van der Waals surface area contributed by atoms with Gasteiger partial charge in [0.25, 0.3) is 5.91 Å². The second-order valence-electron chi connectivity index (χ2n) is 7.78. The van der Waals surface area contributed by atoms with Gasteiger partial charge in [-0.3, -0.25) is 4.79 Å². The predicted octanol–water partition coefficient (Wildman–Crippen LogP) is 3.20. The Balaban J connectivity index is 1.87. The van der Waals surface area contributed by atoms with Gasteiger partial charge in [0.1, 0.15) is 5.75 Å². The molecule has 1 saturated heterocycles. The Labute approximate surface area is 179 Å². The summed E-state index contributed by atoms with van der Waals surface area (Å²) in [6.07, 6.45) is 2.14. The molecule has 0 aliphatic carbocycles. The summed E-state index contributed by atoms with van der Waals surface area (Å²) in [5.74, 6) is 0.432. The van der Waals surface area contributed by atoms with Crippen LogP contribution in [0.25, 0.3) is 0 Å². The zero-order valence-electron chi connectivity index (χ0n) is 17.6. The molecule has 0 saturated carbocycles. The lowest BCUT2D eigenvalue weighted by Crippen LogP contribution is -2.54. The maximum absolute atomic E-state index is 12.9. The fraction of sp³-hybridized carbons (Fsp3) is 0.435. The Bertz CT molecular complexity index is 962. The van der Waals surface area contributed by atoms with Crippen LogP contribution >= 0.6 is 0 Å². The van der Waals surface area contributed by atoms with Crippen molar-refractivity contribution in [2.24, 2.45) is 0 Å². The van der Waals surface area contributed by atoms with Gasteiger partial charge in [-0.2, -0.15) is 0 Å². The highest BCUT2D eigenvalue weighted by Gasteiger charge is 2.41.